The number of halogens is 2. The zero-order chi connectivity index (χ0) is 18.7. The first-order valence-electron chi connectivity index (χ1n) is 8.66. The van der Waals surface area contributed by atoms with E-state index in [0.717, 1.165) is 30.0 Å². The number of nitrogens with zero attached hydrogens (tertiary/aromatic N) is 2. The molecule has 0 bridgehead atoms. The highest BCUT2D eigenvalue weighted by molar-refractivity contribution is 6.32. The highest BCUT2D eigenvalue weighted by Crippen LogP contribution is 2.32. The number of benzene rings is 2. The number of rotatable bonds is 4. The van der Waals surface area contributed by atoms with Gasteiger partial charge in [0.2, 0.25) is 0 Å². The van der Waals surface area contributed by atoms with E-state index >= 15 is 0 Å². The van der Waals surface area contributed by atoms with Gasteiger partial charge in [-0.3, -0.25) is 0 Å². The first kappa shape index (κ1) is 18.5. The molecule has 1 heterocycles. The van der Waals surface area contributed by atoms with Crippen LogP contribution in [0.5, 0.6) is 0 Å². The monoisotopic (exact) mass is 373 g/mol. The van der Waals surface area contributed by atoms with Crippen LogP contribution in [0.25, 0.3) is 0 Å². The minimum Gasteiger partial charge on any atom is -0.393 e. The first-order valence-corrected chi connectivity index (χ1v) is 9.04. The minimum absolute atomic E-state index is 0.156. The third-order valence-corrected chi connectivity index (χ3v) is 5.05. The van der Waals surface area contributed by atoms with E-state index in [9.17, 15) is 9.50 Å². The summed E-state index contributed by atoms with van der Waals surface area (Å²) in [6, 6.07) is 11.8. The summed E-state index contributed by atoms with van der Waals surface area (Å²) in [7, 11) is 0. The Balaban J connectivity index is 1.84. The Labute approximate surface area is 157 Å². The summed E-state index contributed by atoms with van der Waals surface area (Å²) < 4.78 is 13.9. The third-order valence-electron chi connectivity index (χ3n) is 4.73. The molecule has 0 aliphatic carbocycles. The van der Waals surface area contributed by atoms with E-state index in [-0.39, 0.29) is 18.0 Å². The van der Waals surface area contributed by atoms with E-state index in [1.54, 1.807) is 30.3 Å². The summed E-state index contributed by atoms with van der Waals surface area (Å²) in [5.41, 5.74) is 3.01. The zero-order valence-electron chi connectivity index (χ0n) is 14.5. The number of nitriles is 1. The zero-order valence-corrected chi connectivity index (χ0v) is 15.3. The van der Waals surface area contributed by atoms with Crippen molar-refractivity contribution in [1.29, 1.82) is 5.26 Å². The molecule has 4 nitrogen and oxygen atoms in total. The predicted molar refractivity (Wildman–Crippen MR) is 102 cm³/mol. The molecule has 1 atom stereocenters. The number of hydrogen-bond donors (Lipinski definition) is 2. The lowest BCUT2D eigenvalue weighted by molar-refractivity contribution is 0.145. The number of nitrogens with one attached hydrogen (secondary N) is 1. The molecule has 6 heteroatoms. The molecular formula is C20H21ClFN3O. The van der Waals surface area contributed by atoms with E-state index in [0.29, 0.717) is 23.4 Å². The second kappa shape index (κ2) is 7.94. The average molecular weight is 374 g/mol. The van der Waals surface area contributed by atoms with Crippen molar-refractivity contribution >= 4 is 23.0 Å². The van der Waals surface area contributed by atoms with Crippen LogP contribution in [0.4, 0.5) is 15.8 Å². The van der Waals surface area contributed by atoms with Gasteiger partial charge in [0.05, 0.1) is 22.7 Å². The van der Waals surface area contributed by atoms with Gasteiger partial charge in [0, 0.05) is 30.0 Å². The standard InChI is InChI=1S/C20H21ClFN3O/c1-13(24-16-4-2-14(12-23)19(21)11-16)18-10-15(22)3-5-20(18)25-8-6-17(26)7-9-25/h2-5,10-11,13,17,24,26H,6-9H2,1H3. The summed E-state index contributed by atoms with van der Waals surface area (Å²) in [5.74, 6) is -0.285. The Morgan fingerprint density at radius 2 is 2.00 bits per heavy atom. The van der Waals surface area contributed by atoms with Crippen molar-refractivity contribution in [2.45, 2.75) is 31.9 Å². The molecule has 1 saturated heterocycles. The van der Waals surface area contributed by atoms with Crippen LogP contribution in [0.1, 0.15) is 36.9 Å². The molecule has 2 aromatic rings. The van der Waals surface area contributed by atoms with Gasteiger partial charge in [-0.25, -0.2) is 4.39 Å². The summed E-state index contributed by atoms with van der Waals surface area (Å²) in [6.45, 7) is 3.45. The van der Waals surface area contributed by atoms with Gasteiger partial charge in [0.25, 0.3) is 0 Å². The highest BCUT2D eigenvalue weighted by atomic mass is 35.5. The maximum absolute atomic E-state index is 13.9. The molecule has 0 aromatic heterocycles. The molecule has 1 aliphatic heterocycles. The normalized spacial score (nSPS) is 16.2. The van der Waals surface area contributed by atoms with Crippen LogP contribution in [0.2, 0.25) is 5.02 Å². The van der Waals surface area contributed by atoms with Crippen molar-refractivity contribution in [1.82, 2.24) is 0 Å². The lowest BCUT2D eigenvalue weighted by atomic mass is 10.0. The fraction of sp³-hybridized carbons (Fsp3) is 0.350. The van der Waals surface area contributed by atoms with Crippen molar-refractivity contribution in [3.8, 4) is 6.07 Å². The van der Waals surface area contributed by atoms with E-state index in [1.165, 1.54) is 6.07 Å². The van der Waals surface area contributed by atoms with Gasteiger partial charge in [-0.05, 0) is 56.2 Å². The number of hydrogen-bond acceptors (Lipinski definition) is 4. The number of aliphatic hydroxyl groups is 1. The smallest absolute Gasteiger partial charge is 0.123 e. The summed E-state index contributed by atoms with van der Waals surface area (Å²) in [5, 5.41) is 22.4. The SMILES string of the molecule is CC(Nc1ccc(C#N)c(Cl)c1)c1cc(F)ccc1N1CCC(O)CC1. The van der Waals surface area contributed by atoms with Crippen LogP contribution < -0.4 is 10.2 Å². The molecule has 1 unspecified atom stereocenters. The van der Waals surface area contributed by atoms with E-state index in [1.807, 2.05) is 13.0 Å². The molecular weight excluding hydrogens is 353 g/mol. The van der Waals surface area contributed by atoms with Crippen LogP contribution in [-0.4, -0.2) is 24.3 Å². The molecule has 1 fully saturated rings. The Kier molecular flexibility index (Phi) is 5.65. The molecule has 26 heavy (non-hydrogen) atoms. The van der Waals surface area contributed by atoms with Crippen LogP contribution in [0.15, 0.2) is 36.4 Å². The fourth-order valence-electron chi connectivity index (χ4n) is 3.29. The van der Waals surface area contributed by atoms with E-state index in [4.69, 9.17) is 16.9 Å². The molecule has 0 saturated carbocycles. The van der Waals surface area contributed by atoms with Crippen molar-refractivity contribution in [3.63, 3.8) is 0 Å². The topological polar surface area (TPSA) is 59.3 Å². The van der Waals surface area contributed by atoms with Gasteiger partial charge in [-0.2, -0.15) is 5.26 Å². The van der Waals surface area contributed by atoms with Crippen LogP contribution >= 0.6 is 11.6 Å². The summed E-state index contributed by atoms with van der Waals surface area (Å²) in [6.07, 6.45) is 1.17. The Bertz CT molecular complexity index is 828. The number of anilines is 2. The van der Waals surface area contributed by atoms with Gasteiger partial charge < -0.3 is 15.3 Å². The van der Waals surface area contributed by atoms with E-state index < -0.39 is 0 Å². The van der Waals surface area contributed by atoms with Gasteiger partial charge >= 0.3 is 0 Å². The maximum Gasteiger partial charge on any atom is 0.123 e. The van der Waals surface area contributed by atoms with Crippen LogP contribution in [0, 0.1) is 17.1 Å². The highest BCUT2D eigenvalue weighted by Gasteiger charge is 2.22. The lowest BCUT2D eigenvalue weighted by Gasteiger charge is -2.34. The minimum atomic E-state index is -0.285. The molecule has 0 radical (unpaired) electrons. The average Bonchev–Trinajstić information content (AvgIpc) is 2.62. The molecule has 2 N–H and O–H groups in total. The maximum atomic E-state index is 13.9. The molecule has 0 amide bonds. The van der Waals surface area contributed by atoms with Crippen molar-refractivity contribution in [2.75, 3.05) is 23.3 Å². The van der Waals surface area contributed by atoms with Crippen molar-refractivity contribution in [2.24, 2.45) is 0 Å². The molecule has 1 aliphatic rings. The second-order valence-electron chi connectivity index (χ2n) is 6.59. The van der Waals surface area contributed by atoms with Gasteiger partial charge in [0.1, 0.15) is 11.9 Å². The van der Waals surface area contributed by atoms with Crippen molar-refractivity contribution < 1.29 is 9.50 Å². The van der Waals surface area contributed by atoms with Crippen LogP contribution in [-0.2, 0) is 0 Å². The summed E-state index contributed by atoms with van der Waals surface area (Å²) in [4.78, 5) is 2.19. The Morgan fingerprint density at radius 3 is 2.65 bits per heavy atom. The molecule has 136 valence electrons. The number of aliphatic hydroxyl groups excluding tert-OH is 1. The lowest BCUT2D eigenvalue weighted by Crippen LogP contribution is -2.36. The first-order chi connectivity index (χ1) is 12.5. The third kappa shape index (κ3) is 4.09. The van der Waals surface area contributed by atoms with Gasteiger partial charge in [-0.15, -0.1) is 0 Å². The predicted octanol–water partition coefficient (Wildman–Crippen LogP) is 4.48. The largest absolute Gasteiger partial charge is 0.393 e. The molecule has 0 spiro atoms. The molecule has 3 rings (SSSR count). The van der Waals surface area contributed by atoms with Crippen LogP contribution in [0.3, 0.4) is 0 Å². The fourth-order valence-corrected chi connectivity index (χ4v) is 3.51. The summed E-state index contributed by atoms with van der Waals surface area (Å²) >= 11 is 6.10. The van der Waals surface area contributed by atoms with Gasteiger partial charge in [0.15, 0.2) is 0 Å². The quantitative estimate of drug-likeness (QED) is 0.829. The van der Waals surface area contributed by atoms with E-state index in [2.05, 4.69) is 10.2 Å². The van der Waals surface area contributed by atoms with Gasteiger partial charge in [-0.1, -0.05) is 11.6 Å². The van der Waals surface area contributed by atoms with Crippen molar-refractivity contribution in [3.05, 3.63) is 58.4 Å². The second-order valence-corrected chi connectivity index (χ2v) is 7.00. The Hall–Kier alpha value is -2.29. The number of piperidine rings is 1. The molecule has 2 aromatic carbocycles. The Morgan fingerprint density at radius 1 is 1.27 bits per heavy atom.